The zero-order valence-electron chi connectivity index (χ0n) is 14.3. The minimum atomic E-state index is 0.330. The molecular weight excluding hydrogens is 292 g/mol. The smallest absolute Gasteiger partial charge is 0.191 e. The van der Waals surface area contributed by atoms with Crippen molar-refractivity contribution in [2.45, 2.75) is 18.9 Å². The van der Waals surface area contributed by atoms with Crippen LogP contribution in [0.3, 0.4) is 0 Å². The summed E-state index contributed by atoms with van der Waals surface area (Å²) in [5, 5.41) is 6.82. The largest absolute Gasteiger partial charge is 0.356 e. The van der Waals surface area contributed by atoms with Crippen LogP contribution in [0.15, 0.2) is 35.3 Å². The van der Waals surface area contributed by atoms with Gasteiger partial charge in [-0.25, -0.2) is 0 Å². The summed E-state index contributed by atoms with van der Waals surface area (Å²) in [5.41, 5.74) is 1.32. The third kappa shape index (κ3) is 7.18. The molecule has 1 atom stereocenters. The van der Waals surface area contributed by atoms with Crippen LogP contribution in [-0.2, 0) is 0 Å². The second-order valence-electron chi connectivity index (χ2n) is 5.47. The van der Waals surface area contributed by atoms with Crippen LogP contribution in [0.2, 0.25) is 0 Å². The van der Waals surface area contributed by atoms with Crippen molar-refractivity contribution in [3.05, 3.63) is 35.9 Å². The zero-order chi connectivity index (χ0) is 16.2. The molecule has 0 radical (unpaired) electrons. The molecular formula is C17H30N4S. The van der Waals surface area contributed by atoms with E-state index in [4.69, 9.17) is 0 Å². The maximum Gasteiger partial charge on any atom is 0.191 e. The summed E-state index contributed by atoms with van der Waals surface area (Å²) in [6.07, 6.45) is 4.58. The van der Waals surface area contributed by atoms with Crippen molar-refractivity contribution in [2.75, 3.05) is 46.2 Å². The summed E-state index contributed by atoms with van der Waals surface area (Å²) >= 11 is 1.90. The van der Waals surface area contributed by atoms with Crippen molar-refractivity contribution in [1.29, 1.82) is 0 Å². The molecule has 0 amide bonds. The summed E-state index contributed by atoms with van der Waals surface area (Å²) < 4.78 is 0. The van der Waals surface area contributed by atoms with E-state index in [0.717, 1.165) is 19.0 Å². The van der Waals surface area contributed by atoms with E-state index >= 15 is 0 Å². The van der Waals surface area contributed by atoms with Crippen molar-refractivity contribution < 1.29 is 0 Å². The number of aliphatic imine (C=N–C) groups is 1. The van der Waals surface area contributed by atoms with Crippen LogP contribution in [0.5, 0.6) is 0 Å². The van der Waals surface area contributed by atoms with Crippen LogP contribution in [0.4, 0.5) is 0 Å². The van der Waals surface area contributed by atoms with E-state index < -0.39 is 0 Å². The molecule has 22 heavy (non-hydrogen) atoms. The van der Waals surface area contributed by atoms with Crippen LogP contribution >= 0.6 is 11.8 Å². The molecule has 1 rings (SSSR count). The predicted molar refractivity (Wildman–Crippen MR) is 99.9 cm³/mol. The van der Waals surface area contributed by atoms with Crippen LogP contribution in [0.25, 0.3) is 0 Å². The van der Waals surface area contributed by atoms with Gasteiger partial charge >= 0.3 is 0 Å². The van der Waals surface area contributed by atoms with Crippen LogP contribution < -0.4 is 10.6 Å². The van der Waals surface area contributed by atoms with E-state index in [-0.39, 0.29) is 0 Å². The van der Waals surface area contributed by atoms with Gasteiger partial charge in [0.2, 0.25) is 0 Å². The first-order chi connectivity index (χ1) is 10.7. The van der Waals surface area contributed by atoms with Gasteiger partial charge in [-0.05, 0) is 44.5 Å². The molecule has 0 aromatic heterocycles. The fourth-order valence-corrected chi connectivity index (χ4v) is 2.76. The molecule has 0 bridgehead atoms. The lowest BCUT2D eigenvalue weighted by Gasteiger charge is -2.26. The predicted octanol–water partition coefficient (Wildman–Crippen LogP) is 2.60. The number of benzene rings is 1. The van der Waals surface area contributed by atoms with Crippen molar-refractivity contribution in [1.82, 2.24) is 15.5 Å². The minimum absolute atomic E-state index is 0.330. The van der Waals surface area contributed by atoms with Gasteiger partial charge in [-0.15, -0.1) is 0 Å². The summed E-state index contributed by atoms with van der Waals surface area (Å²) in [5.74, 6) is 2.11. The summed E-state index contributed by atoms with van der Waals surface area (Å²) in [7, 11) is 6.04. The molecule has 1 aromatic rings. The SMILES string of the molecule is CN=C(NCCCCSC)NCC(c1ccccc1)N(C)C. The number of nitrogens with one attached hydrogen (secondary N) is 2. The fourth-order valence-electron chi connectivity index (χ4n) is 2.27. The molecule has 0 aliphatic heterocycles. The van der Waals surface area contributed by atoms with Crippen molar-refractivity contribution >= 4 is 17.7 Å². The standard InChI is InChI=1S/C17H30N4S/c1-18-17(19-12-8-9-13-22-4)20-14-16(21(2)3)15-10-6-5-7-11-15/h5-7,10-11,16H,8-9,12-14H2,1-4H3,(H2,18,19,20). The lowest BCUT2D eigenvalue weighted by molar-refractivity contribution is 0.298. The van der Waals surface area contributed by atoms with Gasteiger partial charge in [-0.3, -0.25) is 4.99 Å². The maximum atomic E-state index is 4.30. The Labute approximate surface area is 139 Å². The van der Waals surface area contributed by atoms with E-state index in [0.29, 0.717) is 6.04 Å². The molecule has 124 valence electrons. The molecule has 0 aliphatic rings. The third-order valence-electron chi connectivity index (χ3n) is 3.56. The Kier molecular flexibility index (Phi) is 9.75. The number of hydrogen-bond acceptors (Lipinski definition) is 3. The van der Waals surface area contributed by atoms with E-state index in [1.807, 2.05) is 18.8 Å². The van der Waals surface area contributed by atoms with Crippen molar-refractivity contribution in [3.8, 4) is 0 Å². The van der Waals surface area contributed by atoms with E-state index in [9.17, 15) is 0 Å². The van der Waals surface area contributed by atoms with Gasteiger partial charge < -0.3 is 15.5 Å². The normalized spacial score (nSPS) is 13.2. The highest BCUT2D eigenvalue weighted by Gasteiger charge is 2.13. The number of likely N-dealkylation sites (N-methyl/N-ethyl adjacent to an activating group) is 1. The molecule has 5 heteroatoms. The maximum absolute atomic E-state index is 4.30. The molecule has 2 N–H and O–H groups in total. The van der Waals surface area contributed by atoms with Crippen LogP contribution in [-0.4, -0.2) is 57.1 Å². The van der Waals surface area contributed by atoms with E-state index in [2.05, 4.69) is 71.2 Å². The molecule has 0 spiro atoms. The second kappa shape index (κ2) is 11.4. The molecule has 1 unspecified atom stereocenters. The molecule has 1 aromatic carbocycles. The topological polar surface area (TPSA) is 39.7 Å². The number of hydrogen-bond donors (Lipinski definition) is 2. The van der Waals surface area contributed by atoms with Gasteiger partial charge in [0.05, 0.1) is 6.04 Å². The molecule has 0 saturated carbocycles. The highest BCUT2D eigenvalue weighted by atomic mass is 32.2. The molecule has 0 saturated heterocycles. The Hall–Kier alpha value is -1.20. The Morgan fingerprint density at radius 1 is 1.18 bits per heavy atom. The Morgan fingerprint density at radius 2 is 1.91 bits per heavy atom. The molecule has 0 fully saturated rings. The van der Waals surface area contributed by atoms with Gasteiger partial charge in [-0.1, -0.05) is 30.3 Å². The number of rotatable bonds is 9. The van der Waals surface area contributed by atoms with E-state index in [1.165, 1.54) is 24.2 Å². The molecule has 0 heterocycles. The summed E-state index contributed by atoms with van der Waals surface area (Å²) in [4.78, 5) is 6.53. The molecule has 4 nitrogen and oxygen atoms in total. The summed E-state index contributed by atoms with van der Waals surface area (Å²) in [6.45, 7) is 1.81. The van der Waals surface area contributed by atoms with Gasteiger partial charge in [0.25, 0.3) is 0 Å². The Morgan fingerprint density at radius 3 is 2.50 bits per heavy atom. The highest BCUT2D eigenvalue weighted by Crippen LogP contribution is 2.16. The second-order valence-corrected chi connectivity index (χ2v) is 6.46. The first kappa shape index (κ1) is 18.8. The first-order valence-electron chi connectivity index (χ1n) is 7.84. The Balaban J connectivity index is 2.43. The van der Waals surface area contributed by atoms with Gasteiger partial charge in [0, 0.05) is 20.1 Å². The fraction of sp³-hybridized carbons (Fsp3) is 0.588. The highest BCUT2D eigenvalue weighted by molar-refractivity contribution is 7.98. The van der Waals surface area contributed by atoms with Crippen LogP contribution in [0.1, 0.15) is 24.4 Å². The van der Waals surface area contributed by atoms with Crippen LogP contribution in [0, 0.1) is 0 Å². The quantitative estimate of drug-likeness (QED) is 0.416. The number of thioether (sulfide) groups is 1. The summed E-state index contributed by atoms with van der Waals surface area (Å²) in [6, 6.07) is 10.9. The van der Waals surface area contributed by atoms with Gasteiger partial charge in [0.15, 0.2) is 5.96 Å². The first-order valence-corrected chi connectivity index (χ1v) is 9.23. The number of guanidine groups is 1. The number of nitrogens with zero attached hydrogens (tertiary/aromatic N) is 2. The van der Waals surface area contributed by atoms with E-state index in [1.54, 1.807) is 0 Å². The zero-order valence-corrected chi connectivity index (χ0v) is 15.1. The average Bonchev–Trinajstić information content (AvgIpc) is 2.53. The molecule has 0 aliphatic carbocycles. The van der Waals surface area contributed by atoms with Gasteiger partial charge in [-0.2, -0.15) is 11.8 Å². The minimum Gasteiger partial charge on any atom is -0.356 e. The van der Waals surface area contributed by atoms with Crippen molar-refractivity contribution in [3.63, 3.8) is 0 Å². The monoisotopic (exact) mass is 322 g/mol. The average molecular weight is 323 g/mol. The van der Waals surface area contributed by atoms with Crippen molar-refractivity contribution in [2.24, 2.45) is 4.99 Å². The number of unbranched alkanes of at least 4 members (excludes halogenated alkanes) is 1. The lowest BCUT2D eigenvalue weighted by Crippen LogP contribution is -2.42. The Bertz CT molecular complexity index is 420. The lowest BCUT2D eigenvalue weighted by atomic mass is 10.1. The van der Waals surface area contributed by atoms with Gasteiger partial charge in [0.1, 0.15) is 0 Å². The third-order valence-corrected chi connectivity index (χ3v) is 4.26.